The summed E-state index contributed by atoms with van der Waals surface area (Å²) in [6, 6.07) is 7.59. The Labute approximate surface area is 178 Å². The molecule has 10 heteroatoms. The van der Waals surface area contributed by atoms with E-state index in [9.17, 15) is 27.6 Å². The standard InChI is InChI=1S/C21H18N2O7S/c1-11-6-8-16(12(2)10-11)31(28,29)30-15-5-3-4-13-18(15)21(27)23(20(13)26)14-7-9-17(24)22-19(14)25/h3-6,8,10,14H,7,9H2,1-2H3,(H,22,24,25). The van der Waals surface area contributed by atoms with Gasteiger partial charge in [-0.1, -0.05) is 23.8 Å². The minimum Gasteiger partial charge on any atom is -0.378 e. The lowest BCUT2D eigenvalue weighted by atomic mass is 10.0. The van der Waals surface area contributed by atoms with Crippen LogP contribution in [0, 0.1) is 13.8 Å². The van der Waals surface area contributed by atoms with E-state index in [-0.39, 0.29) is 34.6 Å². The Morgan fingerprint density at radius 3 is 2.45 bits per heavy atom. The molecule has 2 aliphatic rings. The van der Waals surface area contributed by atoms with Crippen molar-refractivity contribution < 1.29 is 31.8 Å². The van der Waals surface area contributed by atoms with Gasteiger partial charge in [0, 0.05) is 6.42 Å². The third kappa shape index (κ3) is 3.48. The smallest absolute Gasteiger partial charge is 0.339 e. The highest BCUT2D eigenvalue weighted by Gasteiger charge is 2.46. The summed E-state index contributed by atoms with van der Waals surface area (Å²) in [5, 5.41) is 2.11. The van der Waals surface area contributed by atoms with E-state index in [1.54, 1.807) is 19.1 Å². The van der Waals surface area contributed by atoms with Crippen LogP contribution in [0.15, 0.2) is 41.3 Å². The predicted octanol–water partition coefficient (Wildman–Crippen LogP) is 1.47. The molecule has 31 heavy (non-hydrogen) atoms. The molecule has 1 N–H and O–H groups in total. The van der Waals surface area contributed by atoms with E-state index in [1.807, 2.05) is 6.92 Å². The van der Waals surface area contributed by atoms with Gasteiger partial charge in [-0.15, -0.1) is 0 Å². The van der Waals surface area contributed by atoms with Crippen LogP contribution in [-0.2, 0) is 19.7 Å². The number of hydrogen-bond acceptors (Lipinski definition) is 7. The Morgan fingerprint density at radius 1 is 1.03 bits per heavy atom. The van der Waals surface area contributed by atoms with Crippen LogP contribution >= 0.6 is 0 Å². The number of carbonyl (C=O) groups excluding carboxylic acids is 4. The molecule has 0 bridgehead atoms. The van der Waals surface area contributed by atoms with Crippen molar-refractivity contribution in [3.8, 4) is 5.75 Å². The third-order valence-corrected chi connectivity index (χ3v) is 6.62. The highest BCUT2D eigenvalue weighted by atomic mass is 32.2. The van der Waals surface area contributed by atoms with Crippen molar-refractivity contribution in [3.05, 3.63) is 58.7 Å². The van der Waals surface area contributed by atoms with E-state index in [2.05, 4.69) is 5.32 Å². The number of amides is 4. The zero-order chi connectivity index (χ0) is 22.5. The molecular formula is C21H18N2O7S. The highest BCUT2D eigenvalue weighted by molar-refractivity contribution is 7.87. The fraction of sp³-hybridized carbons (Fsp3) is 0.238. The van der Waals surface area contributed by atoms with E-state index in [4.69, 9.17) is 4.18 Å². The Hall–Kier alpha value is -3.53. The topological polar surface area (TPSA) is 127 Å². The number of piperidine rings is 1. The molecule has 0 aliphatic carbocycles. The number of nitrogens with one attached hydrogen (secondary N) is 1. The average molecular weight is 442 g/mol. The third-order valence-electron chi connectivity index (χ3n) is 5.23. The van der Waals surface area contributed by atoms with Crippen LogP contribution in [0.1, 0.15) is 44.7 Å². The van der Waals surface area contributed by atoms with Gasteiger partial charge < -0.3 is 4.18 Å². The van der Waals surface area contributed by atoms with Gasteiger partial charge in [0.25, 0.3) is 11.8 Å². The first-order valence-corrected chi connectivity index (χ1v) is 10.9. The molecule has 2 aromatic rings. The molecule has 1 unspecified atom stereocenters. The monoisotopic (exact) mass is 442 g/mol. The zero-order valence-corrected chi connectivity index (χ0v) is 17.5. The van der Waals surface area contributed by atoms with Gasteiger partial charge in [0.05, 0.1) is 11.1 Å². The van der Waals surface area contributed by atoms with Crippen LogP contribution < -0.4 is 9.50 Å². The van der Waals surface area contributed by atoms with Gasteiger partial charge in [0.1, 0.15) is 10.9 Å². The van der Waals surface area contributed by atoms with Gasteiger partial charge >= 0.3 is 10.1 Å². The average Bonchev–Trinajstić information content (AvgIpc) is 2.93. The summed E-state index contributed by atoms with van der Waals surface area (Å²) in [6.07, 6.45) is -0.0264. The Kier molecular flexibility index (Phi) is 4.89. The highest BCUT2D eigenvalue weighted by Crippen LogP contribution is 2.35. The van der Waals surface area contributed by atoms with E-state index < -0.39 is 39.8 Å². The molecule has 1 fully saturated rings. The molecule has 0 spiro atoms. The summed E-state index contributed by atoms with van der Waals surface area (Å²) in [4.78, 5) is 50.2. The fourth-order valence-corrected chi connectivity index (χ4v) is 4.95. The summed E-state index contributed by atoms with van der Waals surface area (Å²) < 4.78 is 31.0. The lowest BCUT2D eigenvalue weighted by Crippen LogP contribution is -2.54. The van der Waals surface area contributed by atoms with Crippen molar-refractivity contribution in [2.45, 2.75) is 37.6 Å². The van der Waals surface area contributed by atoms with Gasteiger partial charge in [-0.2, -0.15) is 8.42 Å². The number of benzene rings is 2. The molecule has 0 saturated carbocycles. The van der Waals surface area contributed by atoms with Gasteiger partial charge in [-0.25, -0.2) is 0 Å². The number of imide groups is 2. The quantitative estimate of drug-likeness (QED) is 0.561. The SMILES string of the molecule is Cc1ccc(S(=O)(=O)Oc2cccc3c2C(=O)N(C2CCC(=O)NC2=O)C3=O)c(C)c1. The molecule has 9 nitrogen and oxygen atoms in total. The van der Waals surface area contributed by atoms with Crippen molar-refractivity contribution >= 4 is 33.7 Å². The number of rotatable bonds is 4. The molecule has 4 amide bonds. The fourth-order valence-electron chi connectivity index (χ4n) is 3.80. The van der Waals surface area contributed by atoms with E-state index >= 15 is 0 Å². The molecule has 0 aromatic heterocycles. The van der Waals surface area contributed by atoms with E-state index in [0.29, 0.717) is 5.56 Å². The van der Waals surface area contributed by atoms with Crippen LogP contribution in [-0.4, -0.2) is 43.0 Å². The summed E-state index contributed by atoms with van der Waals surface area (Å²) in [5.41, 5.74) is 1.05. The molecule has 2 aliphatic heterocycles. The molecule has 2 heterocycles. The summed E-state index contributed by atoms with van der Waals surface area (Å²) in [5.74, 6) is -3.13. The van der Waals surface area contributed by atoms with E-state index in [0.717, 1.165) is 10.5 Å². The number of hydrogen-bond donors (Lipinski definition) is 1. The first-order valence-electron chi connectivity index (χ1n) is 9.46. The molecule has 1 atom stereocenters. The van der Waals surface area contributed by atoms with Crippen molar-refractivity contribution in [2.24, 2.45) is 0 Å². The van der Waals surface area contributed by atoms with Crippen molar-refractivity contribution in [2.75, 3.05) is 0 Å². The first kappa shape index (κ1) is 20.7. The molecule has 4 rings (SSSR count). The van der Waals surface area contributed by atoms with Crippen molar-refractivity contribution in [1.29, 1.82) is 0 Å². The predicted molar refractivity (Wildman–Crippen MR) is 107 cm³/mol. The number of fused-ring (bicyclic) bond motifs is 1. The summed E-state index contributed by atoms with van der Waals surface area (Å²) in [7, 11) is -4.29. The number of nitrogens with zero attached hydrogens (tertiary/aromatic N) is 1. The summed E-state index contributed by atoms with van der Waals surface area (Å²) in [6.45, 7) is 3.44. The van der Waals surface area contributed by atoms with Crippen LogP contribution in [0.5, 0.6) is 5.75 Å². The maximum Gasteiger partial charge on any atom is 0.339 e. The largest absolute Gasteiger partial charge is 0.378 e. The Balaban J connectivity index is 1.71. The van der Waals surface area contributed by atoms with Gasteiger partial charge in [-0.3, -0.25) is 29.4 Å². The Morgan fingerprint density at radius 2 is 1.77 bits per heavy atom. The van der Waals surface area contributed by atoms with Crippen LogP contribution in [0.3, 0.4) is 0 Å². The van der Waals surface area contributed by atoms with Gasteiger partial charge in [-0.05, 0) is 44.0 Å². The van der Waals surface area contributed by atoms with Gasteiger partial charge in [0.15, 0.2) is 5.75 Å². The van der Waals surface area contributed by atoms with Crippen molar-refractivity contribution in [3.63, 3.8) is 0 Å². The molecular weight excluding hydrogens is 424 g/mol. The number of carbonyl (C=O) groups is 4. The second-order valence-corrected chi connectivity index (χ2v) is 8.95. The first-order chi connectivity index (χ1) is 14.6. The molecule has 0 radical (unpaired) electrons. The van der Waals surface area contributed by atoms with E-state index in [1.165, 1.54) is 24.3 Å². The lowest BCUT2D eigenvalue weighted by molar-refractivity contribution is -0.136. The maximum atomic E-state index is 13.1. The lowest BCUT2D eigenvalue weighted by Gasteiger charge is -2.27. The minimum atomic E-state index is -4.29. The Bertz CT molecular complexity index is 1270. The summed E-state index contributed by atoms with van der Waals surface area (Å²) >= 11 is 0. The zero-order valence-electron chi connectivity index (χ0n) is 16.7. The molecule has 1 saturated heterocycles. The van der Waals surface area contributed by atoms with Crippen LogP contribution in [0.25, 0.3) is 0 Å². The normalized spacial score (nSPS) is 18.8. The number of aryl methyl sites for hydroxylation is 2. The second kappa shape index (κ2) is 7.31. The van der Waals surface area contributed by atoms with Crippen molar-refractivity contribution in [1.82, 2.24) is 10.2 Å². The van der Waals surface area contributed by atoms with Crippen LogP contribution in [0.4, 0.5) is 0 Å². The van der Waals surface area contributed by atoms with Crippen LogP contribution in [0.2, 0.25) is 0 Å². The van der Waals surface area contributed by atoms with Gasteiger partial charge in [0.2, 0.25) is 11.8 Å². The minimum absolute atomic E-state index is 0.00676. The maximum absolute atomic E-state index is 13.1. The molecule has 160 valence electrons. The molecule has 2 aromatic carbocycles. The second-order valence-electron chi connectivity index (χ2n) is 7.43.